The van der Waals surface area contributed by atoms with Gasteiger partial charge in [-0.25, -0.2) is 9.50 Å². The Morgan fingerprint density at radius 2 is 1.73 bits per heavy atom. The molecule has 9 nitrogen and oxygen atoms in total. The molecule has 1 amide bonds. The lowest BCUT2D eigenvalue weighted by Gasteiger charge is -2.39. The predicted molar refractivity (Wildman–Crippen MR) is 170 cm³/mol. The molecule has 7 rings (SSSR count). The Hall–Kier alpha value is -3.50. The van der Waals surface area contributed by atoms with E-state index >= 15 is 0 Å². The predicted octanol–water partition coefficient (Wildman–Crippen LogP) is 4.40. The fraction of sp³-hybridized carbons (Fsp3) is 0.441. The number of anilines is 1. The lowest BCUT2D eigenvalue weighted by atomic mass is 9.84. The zero-order chi connectivity index (χ0) is 30.1. The highest BCUT2D eigenvalue weighted by atomic mass is 35.5. The molecule has 0 radical (unpaired) electrons. The summed E-state index contributed by atoms with van der Waals surface area (Å²) in [7, 11) is 0. The van der Waals surface area contributed by atoms with Gasteiger partial charge in [0, 0.05) is 75.6 Å². The van der Waals surface area contributed by atoms with Gasteiger partial charge in [0.1, 0.15) is 0 Å². The monoisotopic (exact) mass is 614 g/mol. The van der Waals surface area contributed by atoms with Crippen molar-refractivity contribution in [1.29, 1.82) is 0 Å². The van der Waals surface area contributed by atoms with Crippen LogP contribution in [0.15, 0.2) is 66.9 Å². The molecule has 44 heavy (non-hydrogen) atoms. The fourth-order valence-electron chi connectivity index (χ4n) is 6.76. The van der Waals surface area contributed by atoms with Crippen LogP contribution in [0.25, 0.3) is 5.65 Å². The second-order valence-electron chi connectivity index (χ2n) is 12.3. The average molecular weight is 615 g/mol. The Bertz CT molecular complexity index is 1590. The minimum absolute atomic E-state index is 0.0910. The molecule has 2 aromatic heterocycles. The van der Waals surface area contributed by atoms with E-state index in [1.807, 2.05) is 70.2 Å². The maximum absolute atomic E-state index is 13.2. The van der Waals surface area contributed by atoms with Crippen LogP contribution in [-0.4, -0.2) is 93.9 Å². The number of hydrogen-bond acceptors (Lipinski definition) is 7. The number of hydrogen-bond donors (Lipinski definition) is 1. The van der Waals surface area contributed by atoms with Crippen LogP contribution in [0.1, 0.15) is 53.0 Å². The molecule has 1 atom stereocenters. The molecule has 3 saturated heterocycles. The fourth-order valence-corrected chi connectivity index (χ4v) is 6.89. The number of rotatable bonds is 7. The highest BCUT2D eigenvalue weighted by Crippen LogP contribution is 2.36. The number of piperidine rings is 1. The number of ether oxygens (including phenoxy) is 1. The average Bonchev–Trinajstić information content (AvgIpc) is 3.72. The second-order valence-corrected chi connectivity index (χ2v) is 12.8. The molecule has 1 unspecified atom stereocenters. The molecule has 3 fully saturated rings. The first-order valence-electron chi connectivity index (χ1n) is 15.7. The van der Waals surface area contributed by atoms with Crippen molar-refractivity contribution < 1.29 is 14.6 Å². The summed E-state index contributed by atoms with van der Waals surface area (Å²) < 4.78 is 7.62. The molecule has 10 heteroatoms. The van der Waals surface area contributed by atoms with Gasteiger partial charge in [-0.2, -0.15) is 5.10 Å². The summed E-state index contributed by atoms with van der Waals surface area (Å²) in [4.78, 5) is 24.8. The summed E-state index contributed by atoms with van der Waals surface area (Å²) in [5.74, 6) is 0.821. The van der Waals surface area contributed by atoms with Gasteiger partial charge in [0.15, 0.2) is 11.5 Å². The lowest BCUT2D eigenvalue weighted by molar-refractivity contribution is 0.0118. The topological polar surface area (TPSA) is 86.4 Å². The highest BCUT2D eigenvalue weighted by Gasteiger charge is 2.35. The summed E-state index contributed by atoms with van der Waals surface area (Å²) in [5.41, 5.74) is 3.65. The SMILES string of the molecule is O=C(c1ccc(Cc2nc3c(N4CCC(O)(c5ccc(Cl)cc5)CC4)cccn3n2)cc1)N1CCN(CC2CCCO2)CC1. The molecule has 0 aliphatic carbocycles. The Labute approximate surface area is 263 Å². The minimum Gasteiger partial charge on any atom is -0.385 e. The number of nitrogens with zero attached hydrogens (tertiary/aromatic N) is 6. The van der Waals surface area contributed by atoms with Gasteiger partial charge in [-0.1, -0.05) is 35.9 Å². The number of amides is 1. The summed E-state index contributed by atoms with van der Waals surface area (Å²) in [6.45, 7) is 6.56. The number of carbonyl (C=O) groups excluding carboxylic acids is 1. The highest BCUT2D eigenvalue weighted by molar-refractivity contribution is 6.30. The van der Waals surface area contributed by atoms with Crippen LogP contribution < -0.4 is 4.90 Å². The van der Waals surface area contributed by atoms with Gasteiger partial charge in [-0.3, -0.25) is 9.69 Å². The zero-order valence-electron chi connectivity index (χ0n) is 24.9. The van der Waals surface area contributed by atoms with Crippen LogP contribution in [0.3, 0.4) is 0 Å². The molecule has 230 valence electrons. The lowest BCUT2D eigenvalue weighted by Crippen LogP contribution is -2.50. The number of aliphatic hydroxyl groups is 1. The van der Waals surface area contributed by atoms with E-state index < -0.39 is 5.60 Å². The van der Waals surface area contributed by atoms with Crippen LogP contribution in [-0.2, 0) is 16.8 Å². The van der Waals surface area contributed by atoms with Crippen LogP contribution in [0.2, 0.25) is 5.02 Å². The van der Waals surface area contributed by atoms with E-state index in [2.05, 4.69) is 15.9 Å². The molecule has 0 saturated carbocycles. The van der Waals surface area contributed by atoms with Crippen molar-refractivity contribution in [2.45, 2.75) is 43.8 Å². The largest absolute Gasteiger partial charge is 0.385 e. The zero-order valence-corrected chi connectivity index (χ0v) is 25.7. The van der Waals surface area contributed by atoms with Crippen LogP contribution >= 0.6 is 11.6 Å². The summed E-state index contributed by atoms with van der Waals surface area (Å²) in [6.07, 6.45) is 6.39. The van der Waals surface area contributed by atoms with Gasteiger partial charge in [0.25, 0.3) is 5.91 Å². The molecule has 3 aliphatic rings. The summed E-state index contributed by atoms with van der Waals surface area (Å²) >= 11 is 6.06. The van der Waals surface area contributed by atoms with Crippen molar-refractivity contribution in [2.24, 2.45) is 0 Å². The van der Waals surface area contributed by atoms with Crippen LogP contribution in [0.5, 0.6) is 0 Å². The first-order valence-corrected chi connectivity index (χ1v) is 16.1. The third-order valence-corrected chi connectivity index (χ3v) is 9.66. The number of pyridine rings is 1. The first-order chi connectivity index (χ1) is 21.4. The number of halogens is 1. The van der Waals surface area contributed by atoms with E-state index in [0.29, 0.717) is 43.5 Å². The molecule has 0 spiro atoms. The molecule has 3 aliphatic heterocycles. The number of carbonyl (C=O) groups is 1. The van der Waals surface area contributed by atoms with Gasteiger partial charge in [-0.15, -0.1) is 0 Å². The number of benzene rings is 2. The van der Waals surface area contributed by atoms with Gasteiger partial charge in [0.2, 0.25) is 0 Å². The molecular formula is C34H39ClN6O3. The number of piperazine rings is 1. The van der Waals surface area contributed by atoms with E-state index in [1.54, 1.807) is 0 Å². The van der Waals surface area contributed by atoms with E-state index in [4.69, 9.17) is 26.4 Å². The van der Waals surface area contributed by atoms with E-state index in [1.165, 1.54) is 0 Å². The van der Waals surface area contributed by atoms with Crippen molar-refractivity contribution in [2.75, 3.05) is 57.3 Å². The molecule has 5 heterocycles. The third kappa shape index (κ3) is 6.19. The molecule has 4 aromatic rings. The standard InChI is InChI=1S/C34H39ClN6O3/c35-28-11-9-27(10-12-28)34(43)13-16-39(17-14-34)30-4-1-15-41-32(30)36-31(37-41)23-25-5-7-26(8-6-25)33(42)40-20-18-38(19-21-40)24-29-3-2-22-44-29/h1,4-12,15,29,43H,2-3,13-14,16-24H2. The quantitative estimate of drug-likeness (QED) is 0.330. The van der Waals surface area contributed by atoms with Crippen molar-refractivity contribution >= 4 is 28.8 Å². The van der Waals surface area contributed by atoms with Gasteiger partial charge >= 0.3 is 0 Å². The molecule has 1 N–H and O–H groups in total. The van der Waals surface area contributed by atoms with Crippen molar-refractivity contribution in [3.8, 4) is 0 Å². The van der Waals surface area contributed by atoms with Gasteiger partial charge in [-0.05, 0) is 73.2 Å². The maximum atomic E-state index is 13.2. The normalized spacial score (nSPS) is 20.8. The van der Waals surface area contributed by atoms with Gasteiger partial charge in [0.05, 0.1) is 17.4 Å². The van der Waals surface area contributed by atoms with Crippen molar-refractivity contribution in [3.63, 3.8) is 0 Å². The number of aromatic nitrogens is 3. The summed E-state index contributed by atoms with van der Waals surface area (Å²) in [6, 6.07) is 19.4. The first kappa shape index (κ1) is 29.2. The molecule has 2 aromatic carbocycles. The minimum atomic E-state index is -0.864. The van der Waals surface area contributed by atoms with Gasteiger partial charge < -0.3 is 19.6 Å². The summed E-state index contributed by atoms with van der Waals surface area (Å²) in [5, 5.41) is 16.8. The van der Waals surface area contributed by atoms with E-state index in [9.17, 15) is 9.90 Å². The Balaban J connectivity index is 0.968. The van der Waals surface area contributed by atoms with Crippen molar-refractivity contribution in [3.05, 3.63) is 94.4 Å². The van der Waals surface area contributed by atoms with Crippen LogP contribution in [0, 0.1) is 0 Å². The smallest absolute Gasteiger partial charge is 0.253 e. The Morgan fingerprint density at radius 1 is 0.977 bits per heavy atom. The van der Waals surface area contributed by atoms with Crippen molar-refractivity contribution in [1.82, 2.24) is 24.4 Å². The number of fused-ring (bicyclic) bond motifs is 1. The second kappa shape index (κ2) is 12.5. The third-order valence-electron chi connectivity index (χ3n) is 9.41. The Kier molecular flexibility index (Phi) is 8.29. The Morgan fingerprint density at radius 3 is 2.43 bits per heavy atom. The molecule has 0 bridgehead atoms. The van der Waals surface area contributed by atoms with E-state index in [-0.39, 0.29) is 5.91 Å². The van der Waals surface area contributed by atoms with E-state index in [0.717, 1.165) is 86.0 Å². The van der Waals surface area contributed by atoms with Crippen LogP contribution in [0.4, 0.5) is 5.69 Å². The molecular weight excluding hydrogens is 576 g/mol. The maximum Gasteiger partial charge on any atom is 0.253 e.